The van der Waals surface area contributed by atoms with Gasteiger partial charge in [-0.3, -0.25) is 9.00 Å². The fraction of sp³-hybridized carbons (Fsp3) is 0.154. The van der Waals surface area contributed by atoms with Crippen molar-refractivity contribution in [2.75, 3.05) is 5.75 Å². The van der Waals surface area contributed by atoms with Crippen molar-refractivity contribution in [3.63, 3.8) is 0 Å². The Morgan fingerprint density at radius 3 is 2.78 bits per heavy atom. The van der Waals surface area contributed by atoms with Crippen LogP contribution in [0.1, 0.15) is 5.56 Å². The van der Waals surface area contributed by atoms with Gasteiger partial charge < -0.3 is 9.52 Å². The van der Waals surface area contributed by atoms with Crippen molar-refractivity contribution in [2.45, 2.75) is 5.75 Å². The summed E-state index contributed by atoms with van der Waals surface area (Å²) in [6.07, 6.45) is 1.59. The Kier molecular flexibility index (Phi) is 3.94. The highest BCUT2D eigenvalue weighted by Gasteiger charge is 2.08. The molecule has 4 nitrogen and oxygen atoms in total. The average Bonchev–Trinajstić information content (AvgIpc) is 2.81. The first-order valence-electron chi connectivity index (χ1n) is 5.35. The Bertz CT molecular complexity index is 560. The third kappa shape index (κ3) is 3.30. The molecule has 94 valence electrons. The second-order valence-electron chi connectivity index (χ2n) is 3.80. The van der Waals surface area contributed by atoms with Gasteiger partial charge in [-0.2, -0.15) is 0 Å². The summed E-state index contributed by atoms with van der Waals surface area (Å²) in [5, 5.41) is 8.56. The molecule has 0 spiro atoms. The van der Waals surface area contributed by atoms with E-state index in [0.29, 0.717) is 0 Å². The van der Waals surface area contributed by atoms with Gasteiger partial charge in [0.05, 0.1) is 6.26 Å². The van der Waals surface area contributed by atoms with Crippen LogP contribution in [0.15, 0.2) is 47.1 Å². The molecule has 0 radical (unpaired) electrons. The number of hydrogen-bond acceptors (Lipinski definition) is 3. The van der Waals surface area contributed by atoms with E-state index in [0.717, 1.165) is 16.9 Å². The minimum absolute atomic E-state index is 0.237. The predicted molar refractivity (Wildman–Crippen MR) is 68.5 cm³/mol. The van der Waals surface area contributed by atoms with Crippen molar-refractivity contribution in [3.8, 4) is 11.3 Å². The van der Waals surface area contributed by atoms with Crippen LogP contribution in [-0.4, -0.2) is 21.0 Å². The number of carboxylic acids is 1. The molecule has 0 aliphatic heterocycles. The zero-order valence-corrected chi connectivity index (χ0v) is 10.4. The molecule has 0 bridgehead atoms. The molecule has 0 saturated carbocycles. The number of carbonyl (C=O) groups is 1. The Labute approximate surface area is 107 Å². The second-order valence-corrected chi connectivity index (χ2v) is 5.26. The zero-order valence-electron chi connectivity index (χ0n) is 9.54. The Morgan fingerprint density at radius 1 is 1.28 bits per heavy atom. The van der Waals surface area contributed by atoms with Crippen LogP contribution in [0.3, 0.4) is 0 Å². The summed E-state index contributed by atoms with van der Waals surface area (Å²) in [5.74, 6) is -0.400. The lowest BCUT2D eigenvalue weighted by Crippen LogP contribution is -2.10. The number of furan rings is 1. The molecule has 2 aromatic rings. The molecule has 0 amide bonds. The van der Waals surface area contributed by atoms with E-state index in [1.807, 2.05) is 30.3 Å². The zero-order chi connectivity index (χ0) is 13.0. The molecular formula is C13H12O4S. The summed E-state index contributed by atoms with van der Waals surface area (Å²) in [5.41, 5.74) is 1.73. The van der Waals surface area contributed by atoms with Gasteiger partial charge in [0.25, 0.3) is 0 Å². The maximum Gasteiger partial charge on any atom is 0.316 e. The van der Waals surface area contributed by atoms with Crippen LogP contribution < -0.4 is 0 Å². The van der Waals surface area contributed by atoms with Crippen LogP contribution in [0.4, 0.5) is 0 Å². The standard InChI is InChI=1S/C13H12O4S/c14-13(15)9-18(16)8-10-3-1-4-11(7-10)12-5-2-6-17-12/h1-7H,8-9H2,(H,14,15)/t18-/m0/s1. The van der Waals surface area contributed by atoms with Gasteiger partial charge in [0.15, 0.2) is 0 Å². The molecule has 2 rings (SSSR count). The van der Waals surface area contributed by atoms with E-state index in [2.05, 4.69) is 0 Å². The summed E-state index contributed by atoms with van der Waals surface area (Å²) in [6.45, 7) is 0. The van der Waals surface area contributed by atoms with Gasteiger partial charge in [-0.1, -0.05) is 18.2 Å². The topological polar surface area (TPSA) is 67.5 Å². The predicted octanol–water partition coefficient (Wildman–Crippen LogP) is 2.28. The first kappa shape index (κ1) is 12.6. The molecule has 0 fully saturated rings. The molecule has 1 N–H and O–H groups in total. The van der Waals surface area contributed by atoms with Gasteiger partial charge in [-0.15, -0.1) is 0 Å². The molecule has 1 aromatic carbocycles. The van der Waals surface area contributed by atoms with Crippen LogP contribution >= 0.6 is 0 Å². The van der Waals surface area contributed by atoms with E-state index < -0.39 is 16.8 Å². The van der Waals surface area contributed by atoms with Crippen LogP contribution in [0, 0.1) is 0 Å². The Morgan fingerprint density at radius 2 is 2.11 bits per heavy atom. The highest BCUT2D eigenvalue weighted by Crippen LogP contribution is 2.21. The minimum Gasteiger partial charge on any atom is -0.481 e. The SMILES string of the molecule is O=C(O)C[S@@](=O)Cc1cccc(-c2ccco2)c1. The molecule has 5 heteroatoms. The van der Waals surface area contributed by atoms with Gasteiger partial charge >= 0.3 is 5.97 Å². The van der Waals surface area contributed by atoms with Gasteiger partial charge in [-0.05, 0) is 23.8 Å². The number of carboxylic acid groups (broad SMARTS) is 1. The van der Waals surface area contributed by atoms with Gasteiger partial charge in [0.2, 0.25) is 0 Å². The Balaban J connectivity index is 2.13. The lowest BCUT2D eigenvalue weighted by molar-refractivity contribution is -0.133. The largest absolute Gasteiger partial charge is 0.481 e. The van der Waals surface area contributed by atoms with Gasteiger partial charge in [0.1, 0.15) is 11.5 Å². The van der Waals surface area contributed by atoms with Crippen molar-refractivity contribution < 1.29 is 18.5 Å². The van der Waals surface area contributed by atoms with Crippen molar-refractivity contribution >= 4 is 16.8 Å². The van der Waals surface area contributed by atoms with Crippen molar-refractivity contribution in [3.05, 3.63) is 48.2 Å². The summed E-state index contributed by atoms with van der Waals surface area (Å²) in [6, 6.07) is 11.1. The van der Waals surface area contributed by atoms with E-state index in [-0.39, 0.29) is 11.5 Å². The molecule has 1 heterocycles. The molecule has 0 aliphatic carbocycles. The van der Waals surface area contributed by atoms with Crippen LogP contribution in [0.5, 0.6) is 0 Å². The first-order valence-corrected chi connectivity index (χ1v) is 6.83. The number of aliphatic carboxylic acids is 1. The fourth-order valence-electron chi connectivity index (χ4n) is 1.63. The number of benzene rings is 1. The molecule has 18 heavy (non-hydrogen) atoms. The third-order valence-corrected chi connectivity index (χ3v) is 3.57. The minimum atomic E-state index is -1.39. The summed E-state index contributed by atoms with van der Waals surface area (Å²) < 4.78 is 16.8. The Hall–Kier alpha value is -1.88. The van der Waals surface area contributed by atoms with E-state index in [4.69, 9.17) is 9.52 Å². The molecule has 1 atom stereocenters. The average molecular weight is 264 g/mol. The van der Waals surface area contributed by atoms with Gasteiger partial charge in [-0.25, -0.2) is 0 Å². The molecular weight excluding hydrogens is 252 g/mol. The van der Waals surface area contributed by atoms with E-state index in [9.17, 15) is 9.00 Å². The highest BCUT2D eigenvalue weighted by molar-refractivity contribution is 7.84. The van der Waals surface area contributed by atoms with Crippen molar-refractivity contribution in [2.24, 2.45) is 0 Å². The molecule has 0 unspecified atom stereocenters. The third-order valence-electron chi connectivity index (χ3n) is 2.34. The summed E-state index contributed by atoms with van der Waals surface area (Å²) in [7, 11) is -1.39. The molecule has 0 saturated heterocycles. The van der Waals surface area contributed by atoms with Crippen LogP contribution in [0.2, 0.25) is 0 Å². The number of rotatable bonds is 5. The quantitative estimate of drug-likeness (QED) is 0.899. The lowest BCUT2D eigenvalue weighted by Gasteiger charge is -2.03. The summed E-state index contributed by atoms with van der Waals surface area (Å²) in [4.78, 5) is 10.4. The maximum absolute atomic E-state index is 11.5. The maximum atomic E-state index is 11.5. The fourth-order valence-corrected chi connectivity index (χ4v) is 2.56. The summed E-state index contributed by atoms with van der Waals surface area (Å²) >= 11 is 0. The van der Waals surface area contributed by atoms with Crippen LogP contribution in [0.25, 0.3) is 11.3 Å². The second kappa shape index (κ2) is 5.64. The smallest absolute Gasteiger partial charge is 0.316 e. The van der Waals surface area contributed by atoms with E-state index >= 15 is 0 Å². The monoisotopic (exact) mass is 264 g/mol. The van der Waals surface area contributed by atoms with Gasteiger partial charge in [0, 0.05) is 22.1 Å². The lowest BCUT2D eigenvalue weighted by atomic mass is 10.1. The normalized spacial score (nSPS) is 12.2. The first-order chi connectivity index (χ1) is 8.65. The molecule has 0 aliphatic rings. The number of hydrogen-bond donors (Lipinski definition) is 1. The molecule has 1 aromatic heterocycles. The van der Waals surface area contributed by atoms with E-state index in [1.165, 1.54) is 0 Å². The van der Waals surface area contributed by atoms with Crippen molar-refractivity contribution in [1.29, 1.82) is 0 Å². The van der Waals surface area contributed by atoms with E-state index in [1.54, 1.807) is 12.3 Å². The van der Waals surface area contributed by atoms with Crippen LogP contribution in [-0.2, 0) is 21.3 Å². The highest BCUT2D eigenvalue weighted by atomic mass is 32.2. The van der Waals surface area contributed by atoms with Crippen molar-refractivity contribution in [1.82, 2.24) is 0 Å².